The third-order valence-electron chi connectivity index (χ3n) is 4.66. The van der Waals surface area contributed by atoms with Gasteiger partial charge in [0.1, 0.15) is 0 Å². The van der Waals surface area contributed by atoms with Crippen LogP contribution in [-0.4, -0.2) is 10.5 Å². The van der Waals surface area contributed by atoms with Gasteiger partial charge in [-0.05, 0) is 43.4 Å². The first kappa shape index (κ1) is 9.60. The van der Waals surface area contributed by atoms with Gasteiger partial charge in [-0.2, -0.15) is 0 Å². The Morgan fingerprint density at radius 2 is 1.76 bits per heavy atom. The quantitative estimate of drug-likeness (QED) is 0.852. The van der Waals surface area contributed by atoms with Crippen molar-refractivity contribution in [3.63, 3.8) is 0 Å². The van der Waals surface area contributed by atoms with Gasteiger partial charge >= 0.3 is 0 Å². The maximum atomic E-state index is 6.49. The Bertz CT molecular complexity index is 589. The summed E-state index contributed by atoms with van der Waals surface area (Å²) in [6.07, 6.45) is 6.80. The number of nitrogens with zero attached hydrogens (tertiary/aromatic N) is 1. The van der Waals surface area contributed by atoms with Crippen LogP contribution in [0.4, 0.5) is 0 Å². The molecule has 1 aromatic carbocycles. The zero-order chi connectivity index (χ0) is 11.5. The predicted octanol–water partition coefficient (Wildman–Crippen LogP) is 2.76. The maximum Gasteiger partial charge on any atom is 0.0704 e. The lowest BCUT2D eigenvalue weighted by Crippen LogP contribution is -2.37. The fourth-order valence-corrected chi connectivity index (χ4v) is 3.29. The summed E-state index contributed by atoms with van der Waals surface area (Å²) < 4.78 is 0. The van der Waals surface area contributed by atoms with Gasteiger partial charge in [-0.1, -0.05) is 18.2 Å². The molecule has 0 aliphatic heterocycles. The number of pyridine rings is 1. The summed E-state index contributed by atoms with van der Waals surface area (Å²) in [6.45, 7) is 0. The van der Waals surface area contributed by atoms with Crippen molar-refractivity contribution in [1.29, 1.82) is 0 Å². The average Bonchev–Trinajstić information content (AvgIpc) is 3.24. The van der Waals surface area contributed by atoms with Gasteiger partial charge in [0.05, 0.1) is 5.52 Å². The van der Waals surface area contributed by atoms with Crippen molar-refractivity contribution in [2.75, 3.05) is 0 Å². The summed E-state index contributed by atoms with van der Waals surface area (Å²) >= 11 is 0. The van der Waals surface area contributed by atoms with E-state index in [1.165, 1.54) is 36.6 Å². The Morgan fingerprint density at radius 1 is 1.00 bits per heavy atom. The molecule has 2 aliphatic rings. The molecule has 1 heterocycles. The summed E-state index contributed by atoms with van der Waals surface area (Å²) in [4.78, 5) is 4.44. The molecule has 0 unspecified atom stereocenters. The molecular weight excluding hydrogens is 208 g/mol. The van der Waals surface area contributed by atoms with Crippen LogP contribution in [0, 0.1) is 0 Å². The molecule has 0 bridgehead atoms. The summed E-state index contributed by atoms with van der Waals surface area (Å²) in [5.74, 6) is 0. The molecule has 2 heteroatoms. The second kappa shape index (κ2) is 2.88. The smallest absolute Gasteiger partial charge is 0.0704 e. The first-order chi connectivity index (χ1) is 8.25. The third kappa shape index (κ3) is 1.16. The van der Waals surface area contributed by atoms with Crippen LogP contribution in [0.3, 0.4) is 0 Å². The molecule has 4 rings (SSSR count). The van der Waals surface area contributed by atoms with Crippen LogP contribution in [0.5, 0.6) is 0 Å². The molecule has 2 aliphatic carbocycles. The van der Waals surface area contributed by atoms with Gasteiger partial charge in [0.2, 0.25) is 0 Å². The Kier molecular flexibility index (Phi) is 1.63. The molecule has 1 aromatic heterocycles. The third-order valence-corrected chi connectivity index (χ3v) is 4.66. The lowest BCUT2D eigenvalue weighted by molar-refractivity contribution is 0.506. The van der Waals surface area contributed by atoms with Gasteiger partial charge in [0.15, 0.2) is 0 Å². The van der Waals surface area contributed by atoms with E-state index in [0.29, 0.717) is 0 Å². The van der Waals surface area contributed by atoms with Crippen LogP contribution < -0.4 is 5.73 Å². The fourth-order valence-electron chi connectivity index (χ4n) is 3.29. The van der Waals surface area contributed by atoms with Crippen LogP contribution >= 0.6 is 0 Å². The molecule has 0 amide bonds. The van der Waals surface area contributed by atoms with E-state index in [2.05, 4.69) is 29.2 Å². The number of rotatable bonds is 2. The molecule has 0 spiro atoms. The molecule has 0 saturated heterocycles. The van der Waals surface area contributed by atoms with Crippen molar-refractivity contribution in [3.05, 3.63) is 42.1 Å². The average molecular weight is 224 g/mol. The van der Waals surface area contributed by atoms with E-state index in [0.717, 1.165) is 5.52 Å². The van der Waals surface area contributed by atoms with Gasteiger partial charge < -0.3 is 5.73 Å². The zero-order valence-corrected chi connectivity index (χ0v) is 9.82. The van der Waals surface area contributed by atoms with Crippen molar-refractivity contribution in [2.24, 2.45) is 5.73 Å². The molecule has 86 valence electrons. The molecule has 2 saturated carbocycles. The Morgan fingerprint density at radius 3 is 2.47 bits per heavy atom. The van der Waals surface area contributed by atoms with Gasteiger partial charge in [-0.3, -0.25) is 4.98 Å². The van der Waals surface area contributed by atoms with Crippen LogP contribution in [0.25, 0.3) is 10.9 Å². The van der Waals surface area contributed by atoms with Gasteiger partial charge in [0, 0.05) is 22.5 Å². The topological polar surface area (TPSA) is 38.9 Å². The summed E-state index contributed by atoms with van der Waals surface area (Å²) in [5.41, 5.74) is 9.36. The van der Waals surface area contributed by atoms with Crippen molar-refractivity contribution >= 4 is 10.9 Å². The highest BCUT2D eigenvalue weighted by atomic mass is 14.9. The molecule has 2 N–H and O–H groups in total. The molecule has 0 radical (unpaired) electrons. The van der Waals surface area contributed by atoms with E-state index in [-0.39, 0.29) is 11.0 Å². The SMILES string of the molecule is NC1(C2(c3ccnc4ccccc34)CC2)CC1. The number of aromatic nitrogens is 1. The van der Waals surface area contributed by atoms with E-state index in [4.69, 9.17) is 5.73 Å². The van der Waals surface area contributed by atoms with E-state index < -0.39 is 0 Å². The number of benzene rings is 1. The monoisotopic (exact) mass is 224 g/mol. The largest absolute Gasteiger partial charge is 0.324 e. The van der Waals surface area contributed by atoms with Gasteiger partial charge in [-0.25, -0.2) is 0 Å². The normalized spacial score (nSPS) is 23.6. The molecular formula is C15H16N2. The number of hydrogen-bond donors (Lipinski definition) is 1. The van der Waals surface area contributed by atoms with Crippen molar-refractivity contribution < 1.29 is 0 Å². The van der Waals surface area contributed by atoms with E-state index >= 15 is 0 Å². The second-order valence-corrected chi connectivity index (χ2v) is 5.61. The first-order valence-corrected chi connectivity index (χ1v) is 6.38. The highest BCUT2D eigenvalue weighted by Crippen LogP contribution is 2.64. The molecule has 2 aromatic rings. The number of hydrogen-bond acceptors (Lipinski definition) is 2. The van der Waals surface area contributed by atoms with Crippen molar-refractivity contribution in [2.45, 2.75) is 36.6 Å². The Hall–Kier alpha value is -1.41. The molecule has 17 heavy (non-hydrogen) atoms. The minimum atomic E-state index is 0.0805. The maximum absolute atomic E-state index is 6.49. The lowest BCUT2D eigenvalue weighted by atomic mass is 9.84. The van der Waals surface area contributed by atoms with E-state index in [1.54, 1.807) is 0 Å². The van der Waals surface area contributed by atoms with E-state index in [1.807, 2.05) is 12.3 Å². The fraction of sp³-hybridized carbons (Fsp3) is 0.400. The highest BCUT2D eigenvalue weighted by molar-refractivity contribution is 5.84. The molecule has 2 nitrogen and oxygen atoms in total. The van der Waals surface area contributed by atoms with Crippen LogP contribution in [0.1, 0.15) is 31.2 Å². The second-order valence-electron chi connectivity index (χ2n) is 5.61. The van der Waals surface area contributed by atoms with Gasteiger partial charge in [-0.15, -0.1) is 0 Å². The number of nitrogens with two attached hydrogens (primary N) is 1. The molecule has 2 fully saturated rings. The summed E-state index contributed by atoms with van der Waals surface area (Å²) in [7, 11) is 0. The lowest BCUT2D eigenvalue weighted by Gasteiger charge is -2.24. The van der Waals surface area contributed by atoms with Crippen LogP contribution in [-0.2, 0) is 5.41 Å². The summed E-state index contributed by atoms with van der Waals surface area (Å²) in [5, 5.41) is 1.30. The minimum Gasteiger partial charge on any atom is -0.324 e. The zero-order valence-electron chi connectivity index (χ0n) is 9.82. The first-order valence-electron chi connectivity index (χ1n) is 6.38. The number of para-hydroxylation sites is 1. The van der Waals surface area contributed by atoms with Gasteiger partial charge in [0.25, 0.3) is 0 Å². The summed E-state index contributed by atoms with van der Waals surface area (Å²) in [6, 6.07) is 10.6. The number of fused-ring (bicyclic) bond motifs is 1. The minimum absolute atomic E-state index is 0.0805. The van der Waals surface area contributed by atoms with Crippen LogP contribution in [0.15, 0.2) is 36.5 Å². The Balaban J connectivity index is 1.97. The van der Waals surface area contributed by atoms with Crippen molar-refractivity contribution in [3.8, 4) is 0 Å². The predicted molar refractivity (Wildman–Crippen MR) is 68.8 cm³/mol. The van der Waals surface area contributed by atoms with Crippen molar-refractivity contribution in [1.82, 2.24) is 4.98 Å². The Labute approximate surface area is 101 Å². The van der Waals surface area contributed by atoms with Crippen LogP contribution in [0.2, 0.25) is 0 Å². The molecule has 0 atom stereocenters. The van der Waals surface area contributed by atoms with E-state index in [9.17, 15) is 0 Å². The standard InChI is InChI=1S/C15H16N2/c16-15(8-9-15)14(6-7-14)12-5-10-17-13-4-2-1-3-11(12)13/h1-5,10H,6-9,16H2. The highest BCUT2D eigenvalue weighted by Gasteiger charge is 2.64.